The van der Waals surface area contributed by atoms with Crippen LogP contribution in [0.25, 0.3) is 22.3 Å². The molecule has 0 aromatic heterocycles. The van der Waals surface area contributed by atoms with Gasteiger partial charge in [0.05, 0.1) is 0 Å². The summed E-state index contributed by atoms with van der Waals surface area (Å²) in [5.41, 5.74) is 8.13. The van der Waals surface area contributed by atoms with Crippen molar-refractivity contribution in [2.75, 3.05) is 0 Å². The molecule has 0 N–H and O–H groups in total. The molecule has 6 aliphatic rings. The molecule has 3 heteroatoms. The second-order valence-electron chi connectivity index (χ2n) is 20.5. The maximum absolute atomic E-state index is 4.16. The molecular formula is C60H64Cl2Zr. The van der Waals surface area contributed by atoms with Crippen LogP contribution in [0, 0.1) is 43.8 Å². The fourth-order valence-electron chi connectivity index (χ4n) is 15.3. The molecule has 6 aliphatic carbocycles. The molecule has 4 aromatic rings. The first-order chi connectivity index (χ1) is 29.2. The quantitative estimate of drug-likeness (QED) is 0.181. The molecule has 0 saturated heterocycles. The van der Waals surface area contributed by atoms with E-state index in [4.69, 9.17) is 0 Å². The summed E-state index contributed by atoms with van der Waals surface area (Å²) in [6, 6.07) is 40.9. The van der Waals surface area contributed by atoms with E-state index in [1.807, 2.05) is 0 Å². The zero-order valence-electron chi connectivity index (χ0n) is 38.3. The van der Waals surface area contributed by atoms with Gasteiger partial charge in [0.1, 0.15) is 0 Å². The van der Waals surface area contributed by atoms with E-state index < -0.39 is 19.3 Å². The Labute approximate surface area is 394 Å². The first kappa shape index (κ1) is 45.6. The zero-order chi connectivity index (χ0) is 42.5. The number of benzene rings is 4. The Morgan fingerprint density at radius 1 is 0.492 bits per heavy atom. The molecule has 0 spiro atoms. The van der Waals surface area contributed by atoms with Crippen LogP contribution in [0.15, 0.2) is 203 Å². The van der Waals surface area contributed by atoms with Crippen LogP contribution >= 0.6 is 24.8 Å². The normalized spacial score (nSPS) is 35.0. The molecular weight excluding hydrogens is 883 g/mol. The van der Waals surface area contributed by atoms with Crippen LogP contribution in [0.5, 0.6) is 0 Å². The zero-order valence-corrected chi connectivity index (χ0v) is 42.4. The van der Waals surface area contributed by atoms with Crippen molar-refractivity contribution < 1.29 is 19.3 Å². The average molecular weight is 947 g/mol. The van der Waals surface area contributed by atoms with Crippen LogP contribution in [0.2, 0.25) is 3.63 Å². The molecule has 63 heavy (non-hydrogen) atoms. The average Bonchev–Trinajstić information content (AvgIpc) is 3.89. The van der Waals surface area contributed by atoms with Crippen LogP contribution < -0.4 is 0 Å². The first-order valence-electron chi connectivity index (χ1n) is 22.7. The Hall–Kier alpha value is -4.00. The second kappa shape index (κ2) is 15.9. The molecule has 2 fully saturated rings. The Kier molecular flexibility index (Phi) is 11.5. The number of hydrogen-bond acceptors (Lipinski definition) is 0. The predicted molar refractivity (Wildman–Crippen MR) is 274 cm³/mol. The molecule has 0 nitrogen and oxygen atoms in total. The van der Waals surface area contributed by atoms with Crippen molar-refractivity contribution in [1.82, 2.24) is 0 Å². The topological polar surface area (TPSA) is 0 Å². The van der Waals surface area contributed by atoms with Crippen molar-refractivity contribution in [2.24, 2.45) is 43.8 Å². The summed E-state index contributed by atoms with van der Waals surface area (Å²) < 4.78 is 7.90. The summed E-state index contributed by atoms with van der Waals surface area (Å²) in [7, 11) is 0. The predicted octanol–water partition coefficient (Wildman–Crippen LogP) is 16.1. The van der Waals surface area contributed by atoms with Crippen molar-refractivity contribution in [2.45, 2.75) is 65.4 Å². The van der Waals surface area contributed by atoms with Gasteiger partial charge >= 0.3 is 372 Å². The van der Waals surface area contributed by atoms with Crippen molar-refractivity contribution in [3.05, 3.63) is 214 Å². The molecule has 322 valence electrons. The SMILES string of the molecule is CC1=CC=CC2[CH]([Zr](=[CH]c3ccc(-c4ccccc4)cc3)(=[CH]c3ccc(-c4ccccc4)cc3)[C]3=CC=CC3)C3(C)C4(C)C=CC=CC4(C)C4(C)C=CC=CC4(C)C3(C)C12C.Cl.Cl. The molecule has 0 amide bonds. The number of hydrogen-bond donors (Lipinski definition) is 0. The summed E-state index contributed by atoms with van der Waals surface area (Å²) in [6.07, 6.45) is 36.2. The summed E-state index contributed by atoms with van der Waals surface area (Å²) >= 11 is -4.16. The molecule has 0 aliphatic heterocycles. The third kappa shape index (κ3) is 5.74. The Morgan fingerprint density at radius 3 is 1.41 bits per heavy atom. The Morgan fingerprint density at radius 2 is 0.937 bits per heavy atom. The van der Waals surface area contributed by atoms with Crippen molar-refractivity contribution in [3.8, 4) is 22.3 Å². The van der Waals surface area contributed by atoms with Gasteiger partial charge in [-0.05, 0) is 0 Å². The van der Waals surface area contributed by atoms with Gasteiger partial charge in [-0.15, -0.1) is 24.8 Å². The van der Waals surface area contributed by atoms with E-state index in [0.717, 1.165) is 6.42 Å². The molecule has 2 saturated carbocycles. The summed E-state index contributed by atoms with van der Waals surface area (Å²) in [5, 5.41) is 0. The van der Waals surface area contributed by atoms with Gasteiger partial charge in [0, 0.05) is 0 Å². The molecule has 4 aromatic carbocycles. The maximum Gasteiger partial charge on any atom is -0.147 e. The largest absolute Gasteiger partial charge is 0.147 e. The monoisotopic (exact) mass is 944 g/mol. The van der Waals surface area contributed by atoms with E-state index in [2.05, 4.69) is 257 Å². The van der Waals surface area contributed by atoms with Gasteiger partial charge in [0.2, 0.25) is 0 Å². The molecule has 0 bridgehead atoms. The van der Waals surface area contributed by atoms with Crippen molar-refractivity contribution in [3.63, 3.8) is 0 Å². The van der Waals surface area contributed by atoms with Crippen LogP contribution in [0.1, 0.15) is 72.9 Å². The third-order valence-electron chi connectivity index (χ3n) is 19.2. The number of allylic oxidation sites excluding steroid dienone is 16. The summed E-state index contributed by atoms with van der Waals surface area (Å²) in [5.74, 6) is 0.323. The molecule has 9 unspecified atom stereocenters. The molecule has 0 radical (unpaired) electrons. The van der Waals surface area contributed by atoms with E-state index in [-0.39, 0.29) is 62.7 Å². The van der Waals surface area contributed by atoms with Gasteiger partial charge in [-0.3, -0.25) is 0 Å². The Bertz CT molecular complexity index is 2710. The second-order valence-corrected chi connectivity index (χ2v) is 29.6. The van der Waals surface area contributed by atoms with E-state index >= 15 is 0 Å². The first-order valence-corrected chi connectivity index (χ1v) is 28.2. The standard InChI is InChI=1S/C29H37.2C13H10.C5H5.2ClH.Zr/c1-21-14-13-15-22-20-27(6)25(4)18-10-9-16-23(25,2)24(3)17-11-12-19-26(24,5)29(27,8)28(21,22)7;2*1-11-7-9-13(10-8-11)12-5-3-2-4-6-12;1-2-4-5-3-1;;;/h9-20,22H,1-8H3;2*1-10H;1-3H,4H2;2*1H;. The van der Waals surface area contributed by atoms with Gasteiger partial charge in [0.15, 0.2) is 0 Å². The van der Waals surface area contributed by atoms with Crippen LogP contribution in [-0.2, 0) is 19.3 Å². The molecule has 9 atom stereocenters. The number of fused-ring (bicyclic) bond motifs is 8. The Balaban J connectivity index is 0.00000272. The van der Waals surface area contributed by atoms with Crippen LogP contribution in [0.4, 0.5) is 0 Å². The van der Waals surface area contributed by atoms with E-state index in [0.29, 0.717) is 9.54 Å². The van der Waals surface area contributed by atoms with Gasteiger partial charge in [-0.1, -0.05) is 0 Å². The summed E-state index contributed by atoms with van der Waals surface area (Å²) in [4.78, 5) is 0. The van der Waals surface area contributed by atoms with E-state index in [9.17, 15) is 0 Å². The van der Waals surface area contributed by atoms with Gasteiger partial charge in [-0.25, -0.2) is 0 Å². The van der Waals surface area contributed by atoms with Crippen LogP contribution in [0.3, 0.4) is 0 Å². The molecule has 10 rings (SSSR count). The van der Waals surface area contributed by atoms with Crippen LogP contribution in [-0.4, -0.2) is 7.42 Å². The smallest absolute Gasteiger partial charge is 0.147 e. The minimum Gasteiger partial charge on any atom is -0.147 e. The minimum atomic E-state index is -4.16. The van der Waals surface area contributed by atoms with E-state index in [1.165, 1.54) is 39.0 Å². The van der Waals surface area contributed by atoms with Crippen molar-refractivity contribution in [1.29, 1.82) is 0 Å². The number of halogens is 2. The van der Waals surface area contributed by atoms with Gasteiger partial charge in [-0.2, -0.15) is 0 Å². The fraction of sp³-hybridized carbons (Fsp3) is 0.300. The fourth-order valence-corrected chi connectivity index (χ4v) is 30.4. The maximum atomic E-state index is 2.92. The van der Waals surface area contributed by atoms with Gasteiger partial charge in [0.25, 0.3) is 0 Å². The third-order valence-corrected chi connectivity index (χ3v) is 31.7. The minimum absolute atomic E-state index is 0. The van der Waals surface area contributed by atoms with Crippen molar-refractivity contribution >= 4 is 32.2 Å². The van der Waals surface area contributed by atoms with Gasteiger partial charge < -0.3 is 0 Å². The summed E-state index contributed by atoms with van der Waals surface area (Å²) in [6.45, 7) is 21.4. The molecule has 0 heterocycles. The van der Waals surface area contributed by atoms with E-state index in [1.54, 1.807) is 3.28 Å². The number of rotatable bonds is 6.